The van der Waals surface area contributed by atoms with E-state index in [1.807, 2.05) is 31.1 Å². The van der Waals surface area contributed by atoms with E-state index in [1.54, 1.807) is 20.2 Å². The zero-order valence-corrected chi connectivity index (χ0v) is 12.6. The van der Waals surface area contributed by atoms with E-state index in [9.17, 15) is 4.79 Å². The normalized spacial score (nSPS) is 18.4. The molecule has 0 saturated heterocycles. The molecule has 1 amide bonds. The van der Waals surface area contributed by atoms with E-state index in [1.165, 1.54) is 5.12 Å². The predicted molar refractivity (Wildman–Crippen MR) is 79.6 cm³/mol. The molecule has 6 heteroatoms. The molecule has 0 aromatic carbocycles. The van der Waals surface area contributed by atoms with Crippen LogP contribution in [0.25, 0.3) is 0 Å². The van der Waals surface area contributed by atoms with Crippen LogP contribution >= 0.6 is 0 Å². The van der Waals surface area contributed by atoms with Crippen molar-refractivity contribution >= 4 is 5.91 Å². The lowest BCUT2D eigenvalue weighted by Gasteiger charge is -2.28. The number of hydrogen-bond donors (Lipinski definition) is 2. The van der Waals surface area contributed by atoms with Crippen molar-refractivity contribution in [3.05, 3.63) is 36.0 Å². The van der Waals surface area contributed by atoms with Crippen molar-refractivity contribution in [2.45, 2.75) is 6.10 Å². The van der Waals surface area contributed by atoms with Gasteiger partial charge in [0.05, 0.1) is 12.2 Å². The van der Waals surface area contributed by atoms with Crippen LogP contribution in [0.5, 0.6) is 0 Å². The highest BCUT2D eigenvalue weighted by atomic mass is 16.5. The van der Waals surface area contributed by atoms with Crippen LogP contribution in [0.15, 0.2) is 36.0 Å². The number of hydrogen-bond acceptors (Lipinski definition) is 5. The third-order valence-electron chi connectivity index (χ3n) is 2.93. The summed E-state index contributed by atoms with van der Waals surface area (Å²) in [6.45, 7) is 5.28. The fraction of sp³-hybridized carbons (Fsp3) is 0.500. The average molecular weight is 280 g/mol. The lowest BCUT2D eigenvalue weighted by Crippen LogP contribution is -2.50. The second-order valence-electron chi connectivity index (χ2n) is 4.70. The van der Waals surface area contributed by atoms with Gasteiger partial charge in [0, 0.05) is 20.6 Å². The van der Waals surface area contributed by atoms with E-state index in [0.717, 1.165) is 12.1 Å². The highest BCUT2D eigenvalue weighted by Gasteiger charge is 2.28. The minimum absolute atomic E-state index is 0.185. The van der Waals surface area contributed by atoms with Crippen molar-refractivity contribution in [1.29, 1.82) is 0 Å². The van der Waals surface area contributed by atoms with Gasteiger partial charge < -0.3 is 9.64 Å². The molecule has 0 heterocycles. The topological polar surface area (TPSA) is 56.8 Å². The van der Waals surface area contributed by atoms with E-state index in [2.05, 4.69) is 17.4 Å². The second-order valence-corrected chi connectivity index (χ2v) is 4.70. The maximum atomic E-state index is 12.4. The van der Waals surface area contributed by atoms with E-state index in [4.69, 9.17) is 4.74 Å². The average Bonchev–Trinajstić information content (AvgIpc) is 2.41. The van der Waals surface area contributed by atoms with Gasteiger partial charge in [0.1, 0.15) is 6.10 Å². The van der Waals surface area contributed by atoms with Crippen LogP contribution in [0.3, 0.4) is 0 Å². The minimum Gasteiger partial charge on any atom is -0.367 e. The Hall–Kier alpha value is -1.47. The first-order chi connectivity index (χ1) is 9.51. The molecule has 20 heavy (non-hydrogen) atoms. The quantitative estimate of drug-likeness (QED) is 0.647. The summed E-state index contributed by atoms with van der Waals surface area (Å²) in [4.78, 5) is 14.4. The SMILES string of the molecule is C=C1C=CC=C(C(=O)N(NC)NC)C1OCCN(C)C. The number of allylic oxidation sites excluding steroid dienone is 2. The van der Waals surface area contributed by atoms with Crippen LogP contribution in [0, 0.1) is 0 Å². The zero-order chi connectivity index (χ0) is 15.1. The molecule has 0 aliphatic heterocycles. The summed E-state index contributed by atoms with van der Waals surface area (Å²) < 4.78 is 5.82. The summed E-state index contributed by atoms with van der Waals surface area (Å²) in [7, 11) is 7.30. The van der Waals surface area contributed by atoms with Crippen LogP contribution in [0.4, 0.5) is 0 Å². The van der Waals surface area contributed by atoms with Gasteiger partial charge in [-0.2, -0.15) is 0 Å². The maximum absolute atomic E-state index is 12.4. The maximum Gasteiger partial charge on any atom is 0.281 e. The molecular weight excluding hydrogens is 256 g/mol. The third-order valence-corrected chi connectivity index (χ3v) is 2.93. The monoisotopic (exact) mass is 280 g/mol. The Morgan fingerprint density at radius 3 is 2.60 bits per heavy atom. The molecule has 112 valence electrons. The van der Waals surface area contributed by atoms with Crippen LogP contribution in [0.2, 0.25) is 0 Å². The van der Waals surface area contributed by atoms with Crippen molar-refractivity contribution in [3.63, 3.8) is 0 Å². The highest BCUT2D eigenvalue weighted by Crippen LogP contribution is 2.22. The Bertz CT molecular complexity index is 411. The predicted octanol–water partition coefficient (Wildman–Crippen LogP) is 0.0830. The van der Waals surface area contributed by atoms with Crippen LogP contribution in [-0.4, -0.2) is 63.4 Å². The molecule has 0 fully saturated rings. The lowest BCUT2D eigenvalue weighted by molar-refractivity contribution is -0.134. The smallest absolute Gasteiger partial charge is 0.281 e. The summed E-state index contributed by atoms with van der Waals surface area (Å²) in [5, 5.41) is 1.31. The van der Waals surface area contributed by atoms with E-state index >= 15 is 0 Å². The number of amides is 1. The molecule has 1 aliphatic rings. The fourth-order valence-corrected chi connectivity index (χ4v) is 1.83. The molecule has 6 nitrogen and oxygen atoms in total. The van der Waals surface area contributed by atoms with Gasteiger partial charge in [-0.15, -0.1) is 0 Å². The summed E-state index contributed by atoms with van der Waals surface area (Å²) in [5.74, 6) is -0.185. The molecule has 0 saturated carbocycles. The van der Waals surface area contributed by atoms with Gasteiger partial charge in [0.25, 0.3) is 5.91 Å². The van der Waals surface area contributed by atoms with E-state index in [0.29, 0.717) is 12.2 Å². The van der Waals surface area contributed by atoms with Crippen molar-refractivity contribution in [3.8, 4) is 0 Å². The van der Waals surface area contributed by atoms with Gasteiger partial charge in [-0.05, 0) is 19.7 Å². The van der Waals surface area contributed by atoms with Gasteiger partial charge in [-0.3, -0.25) is 4.79 Å². The third kappa shape index (κ3) is 4.28. The minimum atomic E-state index is -0.406. The molecular formula is C14H24N4O2. The molecule has 1 atom stereocenters. The number of ether oxygens (including phenoxy) is 1. The van der Waals surface area contributed by atoms with Crippen molar-refractivity contribution in [2.24, 2.45) is 0 Å². The van der Waals surface area contributed by atoms with Gasteiger partial charge in [-0.1, -0.05) is 24.8 Å². The Kier molecular flexibility index (Phi) is 6.60. The number of nitrogens with zero attached hydrogens (tertiary/aromatic N) is 2. The number of carbonyl (C=O) groups excluding carboxylic acids is 1. The van der Waals surface area contributed by atoms with E-state index in [-0.39, 0.29) is 5.91 Å². The number of hydrazine groups is 2. The highest BCUT2D eigenvalue weighted by molar-refractivity contribution is 5.95. The van der Waals surface area contributed by atoms with Crippen molar-refractivity contribution in [1.82, 2.24) is 20.9 Å². The molecule has 0 bridgehead atoms. The van der Waals surface area contributed by atoms with Crippen LogP contribution < -0.4 is 10.9 Å². The molecule has 0 spiro atoms. The largest absolute Gasteiger partial charge is 0.367 e. The van der Waals surface area contributed by atoms with Gasteiger partial charge in [-0.25, -0.2) is 16.0 Å². The summed E-state index contributed by atoms with van der Waals surface area (Å²) in [5.41, 5.74) is 6.88. The molecule has 1 rings (SSSR count). The standard InChI is InChI=1S/C14H24N4O2/c1-11-7-6-8-12(14(19)18(15-2)16-3)13(11)20-10-9-17(4)5/h6-8,13,15-16H,1,9-10H2,2-5H3. The Morgan fingerprint density at radius 2 is 2.05 bits per heavy atom. The molecule has 0 aromatic rings. The number of rotatable bonds is 7. The van der Waals surface area contributed by atoms with Crippen molar-refractivity contribution < 1.29 is 9.53 Å². The second kappa shape index (κ2) is 7.96. The Balaban J connectivity index is 2.79. The lowest BCUT2D eigenvalue weighted by atomic mass is 9.97. The van der Waals surface area contributed by atoms with Crippen LogP contribution in [0.1, 0.15) is 0 Å². The summed E-state index contributed by atoms with van der Waals surface area (Å²) in [6.07, 6.45) is 5.03. The summed E-state index contributed by atoms with van der Waals surface area (Å²) >= 11 is 0. The van der Waals surface area contributed by atoms with Gasteiger partial charge >= 0.3 is 0 Å². The number of likely N-dealkylation sites (N-methyl/N-ethyl adjacent to an activating group) is 1. The fourth-order valence-electron chi connectivity index (χ4n) is 1.83. The molecule has 1 unspecified atom stereocenters. The Labute approximate surface area is 120 Å². The van der Waals surface area contributed by atoms with E-state index < -0.39 is 6.10 Å². The van der Waals surface area contributed by atoms with Gasteiger partial charge in [0.15, 0.2) is 0 Å². The first-order valence-corrected chi connectivity index (χ1v) is 6.53. The molecule has 0 radical (unpaired) electrons. The first-order valence-electron chi connectivity index (χ1n) is 6.53. The zero-order valence-electron chi connectivity index (χ0n) is 12.6. The van der Waals surface area contributed by atoms with Crippen LogP contribution in [-0.2, 0) is 9.53 Å². The first kappa shape index (κ1) is 16.6. The number of nitrogens with one attached hydrogen (secondary N) is 2. The number of carbonyl (C=O) groups is 1. The molecule has 0 aromatic heterocycles. The Morgan fingerprint density at radius 1 is 1.40 bits per heavy atom. The van der Waals surface area contributed by atoms with Crippen molar-refractivity contribution in [2.75, 3.05) is 41.3 Å². The molecule has 1 aliphatic carbocycles. The summed E-state index contributed by atoms with van der Waals surface area (Å²) in [6, 6.07) is 0. The molecule has 2 N–H and O–H groups in total. The van der Waals surface area contributed by atoms with Gasteiger partial charge in [0.2, 0.25) is 0 Å².